The summed E-state index contributed by atoms with van der Waals surface area (Å²) in [6.45, 7) is 3.72. The Balaban J connectivity index is 0.00000182. The number of aryl methyl sites for hydroxylation is 1. The molecule has 2 heteroatoms. The fraction of sp³-hybridized carbons (Fsp3) is 0.391. The average Bonchev–Trinajstić information content (AvgIpc) is 2.86. The van der Waals surface area contributed by atoms with Gasteiger partial charge in [0, 0.05) is 6.54 Å². The highest BCUT2D eigenvalue weighted by atomic mass is 35.5. The maximum atomic E-state index is 2.68. The Labute approximate surface area is 158 Å². The summed E-state index contributed by atoms with van der Waals surface area (Å²) >= 11 is 0. The van der Waals surface area contributed by atoms with E-state index in [0.29, 0.717) is 5.92 Å². The molecule has 2 aliphatic rings. The Hall–Kier alpha value is -1.57. The van der Waals surface area contributed by atoms with Crippen molar-refractivity contribution >= 4 is 18.5 Å². The van der Waals surface area contributed by atoms with E-state index in [9.17, 15) is 0 Å². The third kappa shape index (κ3) is 4.54. The van der Waals surface area contributed by atoms with Crippen molar-refractivity contribution in [3.8, 4) is 0 Å². The molecule has 0 bridgehead atoms. The van der Waals surface area contributed by atoms with Crippen molar-refractivity contribution in [2.45, 2.75) is 31.6 Å². The van der Waals surface area contributed by atoms with Crippen molar-refractivity contribution in [3.05, 3.63) is 77.4 Å². The molecule has 1 unspecified atom stereocenters. The summed E-state index contributed by atoms with van der Waals surface area (Å²) < 4.78 is 0. The van der Waals surface area contributed by atoms with Gasteiger partial charge < -0.3 is 4.90 Å². The Morgan fingerprint density at radius 1 is 0.840 bits per heavy atom. The van der Waals surface area contributed by atoms with Gasteiger partial charge in [-0.05, 0) is 67.3 Å². The van der Waals surface area contributed by atoms with Crippen molar-refractivity contribution in [1.29, 1.82) is 0 Å². The molecule has 1 saturated heterocycles. The molecule has 1 atom stereocenters. The Kier molecular flexibility index (Phi) is 6.34. The van der Waals surface area contributed by atoms with Gasteiger partial charge >= 0.3 is 0 Å². The standard InChI is InChI=1S/C23H27N.ClH/c1-2-6-20(7-3-1)23-14-16-24(17-15-23)18-19-10-12-21-8-4-5-9-22(21)13-11-19;/h1-10,12,19,23H,11,13-18H2;1H. The summed E-state index contributed by atoms with van der Waals surface area (Å²) in [6, 6.07) is 19.9. The number of fused-ring (bicyclic) bond motifs is 1. The van der Waals surface area contributed by atoms with Crippen LogP contribution >= 0.6 is 12.4 Å². The van der Waals surface area contributed by atoms with Gasteiger partial charge in [-0.1, -0.05) is 66.7 Å². The van der Waals surface area contributed by atoms with Crippen molar-refractivity contribution in [1.82, 2.24) is 4.90 Å². The molecular formula is C23H28ClN. The van der Waals surface area contributed by atoms with Gasteiger partial charge in [-0.15, -0.1) is 12.4 Å². The lowest BCUT2D eigenvalue weighted by molar-refractivity contribution is 0.192. The van der Waals surface area contributed by atoms with Gasteiger partial charge in [0.2, 0.25) is 0 Å². The zero-order valence-corrected chi connectivity index (χ0v) is 15.6. The van der Waals surface area contributed by atoms with E-state index >= 15 is 0 Å². The van der Waals surface area contributed by atoms with Crippen LogP contribution in [0.3, 0.4) is 0 Å². The first kappa shape index (κ1) is 18.2. The number of benzene rings is 2. The zero-order chi connectivity index (χ0) is 16.2. The average molecular weight is 354 g/mol. The van der Waals surface area contributed by atoms with Crippen LogP contribution in [0, 0.1) is 5.92 Å². The normalized spacial score (nSPS) is 21.2. The SMILES string of the molecule is C1=CC(CN2CCC(c3ccccc3)CC2)CCc2ccccc21.Cl. The maximum Gasteiger partial charge on any atom is 0.00446 e. The number of hydrogen-bond donors (Lipinski definition) is 0. The van der Waals surface area contributed by atoms with Crippen LogP contribution in [0.1, 0.15) is 41.9 Å². The summed E-state index contributed by atoms with van der Waals surface area (Å²) in [7, 11) is 0. The molecule has 2 aromatic carbocycles. The first-order valence-corrected chi connectivity index (χ1v) is 9.42. The number of hydrogen-bond acceptors (Lipinski definition) is 1. The Morgan fingerprint density at radius 3 is 2.36 bits per heavy atom. The number of nitrogens with zero attached hydrogens (tertiary/aromatic N) is 1. The lowest BCUT2D eigenvalue weighted by atomic mass is 9.89. The molecule has 0 amide bonds. The van der Waals surface area contributed by atoms with Crippen LogP contribution in [0.2, 0.25) is 0 Å². The third-order valence-electron chi connectivity index (χ3n) is 5.74. The smallest absolute Gasteiger partial charge is 0.00446 e. The predicted octanol–water partition coefficient (Wildman–Crippen LogP) is 5.56. The van der Waals surface area contributed by atoms with Gasteiger partial charge in [0.25, 0.3) is 0 Å². The maximum absolute atomic E-state index is 2.68. The van der Waals surface area contributed by atoms with E-state index in [1.54, 1.807) is 0 Å². The molecule has 25 heavy (non-hydrogen) atoms. The molecule has 0 spiro atoms. The number of piperidine rings is 1. The summed E-state index contributed by atoms with van der Waals surface area (Å²) in [5.41, 5.74) is 4.46. The molecule has 0 aromatic heterocycles. The minimum atomic E-state index is 0. The molecule has 132 valence electrons. The van der Waals surface area contributed by atoms with Gasteiger partial charge in [0.1, 0.15) is 0 Å². The van der Waals surface area contributed by atoms with E-state index in [1.165, 1.54) is 62.0 Å². The van der Waals surface area contributed by atoms with E-state index in [4.69, 9.17) is 0 Å². The van der Waals surface area contributed by atoms with E-state index in [2.05, 4.69) is 71.6 Å². The highest BCUT2D eigenvalue weighted by molar-refractivity contribution is 5.85. The van der Waals surface area contributed by atoms with E-state index in [-0.39, 0.29) is 12.4 Å². The molecule has 1 nitrogen and oxygen atoms in total. The molecule has 2 aromatic rings. The number of likely N-dealkylation sites (tertiary alicyclic amines) is 1. The molecule has 1 fully saturated rings. The summed E-state index contributed by atoms with van der Waals surface area (Å²) in [6.07, 6.45) is 9.92. The predicted molar refractivity (Wildman–Crippen MR) is 109 cm³/mol. The molecular weight excluding hydrogens is 326 g/mol. The molecule has 4 rings (SSSR count). The van der Waals surface area contributed by atoms with Crippen LogP contribution in [0.15, 0.2) is 60.7 Å². The topological polar surface area (TPSA) is 3.24 Å². The first-order valence-electron chi connectivity index (χ1n) is 9.42. The highest BCUT2D eigenvalue weighted by Gasteiger charge is 2.22. The van der Waals surface area contributed by atoms with Crippen molar-refractivity contribution in [3.63, 3.8) is 0 Å². The second-order valence-electron chi connectivity index (χ2n) is 7.34. The largest absolute Gasteiger partial charge is 0.303 e. The fourth-order valence-corrected chi connectivity index (χ4v) is 4.26. The lowest BCUT2D eigenvalue weighted by Crippen LogP contribution is -2.36. The van der Waals surface area contributed by atoms with Crippen molar-refractivity contribution in [2.75, 3.05) is 19.6 Å². The fourth-order valence-electron chi connectivity index (χ4n) is 4.26. The number of rotatable bonds is 3. The van der Waals surface area contributed by atoms with E-state index < -0.39 is 0 Å². The van der Waals surface area contributed by atoms with Crippen molar-refractivity contribution < 1.29 is 0 Å². The van der Waals surface area contributed by atoms with Crippen LogP contribution in [-0.2, 0) is 6.42 Å². The molecule has 0 saturated carbocycles. The van der Waals surface area contributed by atoms with Crippen LogP contribution in [0.4, 0.5) is 0 Å². The van der Waals surface area contributed by atoms with Gasteiger partial charge in [0.15, 0.2) is 0 Å². The van der Waals surface area contributed by atoms with Crippen molar-refractivity contribution in [2.24, 2.45) is 5.92 Å². The first-order chi connectivity index (χ1) is 11.9. The second kappa shape index (κ2) is 8.69. The lowest BCUT2D eigenvalue weighted by Gasteiger charge is -2.33. The van der Waals surface area contributed by atoms with Gasteiger partial charge in [-0.3, -0.25) is 0 Å². The van der Waals surface area contributed by atoms with Crippen LogP contribution in [0.5, 0.6) is 0 Å². The minimum Gasteiger partial charge on any atom is -0.303 e. The number of halogens is 1. The van der Waals surface area contributed by atoms with Crippen LogP contribution in [-0.4, -0.2) is 24.5 Å². The monoisotopic (exact) mass is 353 g/mol. The summed E-state index contributed by atoms with van der Waals surface area (Å²) in [5, 5.41) is 0. The molecule has 1 aliphatic carbocycles. The highest BCUT2D eigenvalue weighted by Crippen LogP contribution is 2.29. The van der Waals surface area contributed by atoms with E-state index in [1.807, 2.05) is 0 Å². The van der Waals surface area contributed by atoms with E-state index in [0.717, 1.165) is 5.92 Å². The molecule has 0 radical (unpaired) electrons. The van der Waals surface area contributed by atoms with Gasteiger partial charge in [-0.2, -0.15) is 0 Å². The molecule has 1 aliphatic heterocycles. The third-order valence-corrected chi connectivity index (χ3v) is 5.74. The Bertz CT molecular complexity index is 686. The Morgan fingerprint density at radius 2 is 1.56 bits per heavy atom. The zero-order valence-electron chi connectivity index (χ0n) is 14.8. The molecule has 0 N–H and O–H groups in total. The second-order valence-corrected chi connectivity index (χ2v) is 7.34. The van der Waals surface area contributed by atoms with Gasteiger partial charge in [0.05, 0.1) is 0 Å². The quantitative estimate of drug-likeness (QED) is 0.697. The minimum absolute atomic E-state index is 0. The summed E-state index contributed by atoms with van der Waals surface area (Å²) in [5.74, 6) is 1.46. The molecule has 1 heterocycles. The van der Waals surface area contributed by atoms with Gasteiger partial charge in [-0.25, -0.2) is 0 Å². The summed E-state index contributed by atoms with van der Waals surface area (Å²) in [4.78, 5) is 2.68. The van der Waals surface area contributed by atoms with Crippen LogP contribution < -0.4 is 0 Å². The van der Waals surface area contributed by atoms with Crippen LogP contribution in [0.25, 0.3) is 6.08 Å².